The number of hydrogen-bond acceptors (Lipinski definition) is 4. The first-order chi connectivity index (χ1) is 9.35. The van der Waals surface area contributed by atoms with Crippen LogP contribution in [0.5, 0.6) is 0 Å². The minimum atomic E-state index is -4.60. The van der Waals surface area contributed by atoms with Crippen molar-refractivity contribution in [2.75, 3.05) is 11.4 Å². The number of aliphatic imine (C=N–C) groups is 1. The molecule has 1 aliphatic heterocycles. The van der Waals surface area contributed by atoms with E-state index in [0.717, 1.165) is 0 Å². The van der Waals surface area contributed by atoms with Crippen LogP contribution in [0.25, 0.3) is 0 Å². The van der Waals surface area contributed by atoms with Crippen molar-refractivity contribution in [3.63, 3.8) is 0 Å². The molecule has 1 heterocycles. The summed E-state index contributed by atoms with van der Waals surface area (Å²) >= 11 is 5.87. The summed E-state index contributed by atoms with van der Waals surface area (Å²) in [5.41, 5.74) is 1.29. The molecule has 6 nitrogen and oxygen atoms in total. The molecule has 1 aliphatic rings. The van der Waals surface area contributed by atoms with E-state index in [0.29, 0.717) is 16.3 Å². The Balaban J connectivity index is 2.22. The van der Waals surface area contributed by atoms with Crippen molar-refractivity contribution in [3.8, 4) is 0 Å². The van der Waals surface area contributed by atoms with E-state index in [-0.39, 0.29) is 6.54 Å². The van der Waals surface area contributed by atoms with E-state index in [4.69, 9.17) is 16.2 Å². The average molecular weight is 320 g/mol. The van der Waals surface area contributed by atoms with Gasteiger partial charge in [0.1, 0.15) is 0 Å². The van der Waals surface area contributed by atoms with Gasteiger partial charge in [-0.3, -0.25) is 9.55 Å². The van der Waals surface area contributed by atoms with Gasteiger partial charge in [0.25, 0.3) is 0 Å². The van der Waals surface area contributed by atoms with E-state index in [9.17, 15) is 12.8 Å². The van der Waals surface area contributed by atoms with Gasteiger partial charge in [0, 0.05) is 34.9 Å². The predicted octanol–water partition coefficient (Wildman–Crippen LogP) is 1.74. The number of alkyl halides is 1. The van der Waals surface area contributed by atoms with Gasteiger partial charge in [-0.25, -0.2) is 4.39 Å². The van der Waals surface area contributed by atoms with Crippen molar-refractivity contribution in [2.45, 2.75) is 6.30 Å². The Hall–Kier alpha value is -1.48. The molecule has 1 atom stereocenters. The molecule has 0 saturated heterocycles. The van der Waals surface area contributed by atoms with Gasteiger partial charge in [0.2, 0.25) is 0 Å². The van der Waals surface area contributed by atoms with Crippen LogP contribution in [-0.2, 0) is 10.3 Å². The third-order valence-corrected chi connectivity index (χ3v) is 3.27. The molecule has 0 saturated carbocycles. The van der Waals surface area contributed by atoms with E-state index in [2.05, 4.69) is 4.99 Å². The van der Waals surface area contributed by atoms with Crippen molar-refractivity contribution >= 4 is 33.8 Å². The summed E-state index contributed by atoms with van der Waals surface area (Å²) in [5.74, 6) is 0. The van der Waals surface area contributed by atoms with Crippen molar-refractivity contribution < 1.29 is 17.4 Å². The van der Waals surface area contributed by atoms with Gasteiger partial charge in [-0.15, -0.1) is 0 Å². The number of anilines is 1. The van der Waals surface area contributed by atoms with Gasteiger partial charge in [-0.1, -0.05) is 11.6 Å². The Morgan fingerprint density at radius 2 is 2.25 bits per heavy atom. The SMILES string of the molecule is O=S(=O)(O)NC(F)CN1C=CN=Cc2cc(Cl)ccc21. The zero-order chi connectivity index (χ0) is 14.8. The zero-order valence-electron chi connectivity index (χ0n) is 10.1. The number of rotatable bonds is 4. The van der Waals surface area contributed by atoms with Crippen LogP contribution in [0.15, 0.2) is 35.6 Å². The van der Waals surface area contributed by atoms with Crippen molar-refractivity contribution in [3.05, 3.63) is 41.2 Å². The largest absolute Gasteiger partial charge is 0.342 e. The molecule has 20 heavy (non-hydrogen) atoms. The molecule has 2 N–H and O–H groups in total. The molecule has 0 aliphatic carbocycles. The third kappa shape index (κ3) is 4.01. The van der Waals surface area contributed by atoms with Gasteiger partial charge in [-0.2, -0.15) is 13.1 Å². The number of nitrogens with one attached hydrogen (secondary N) is 1. The highest BCUT2D eigenvalue weighted by atomic mass is 35.5. The number of halogens is 2. The number of fused-ring (bicyclic) bond motifs is 1. The van der Waals surface area contributed by atoms with Crippen LogP contribution in [0.3, 0.4) is 0 Å². The Morgan fingerprint density at radius 3 is 2.95 bits per heavy atom. The lowest BCUT2D eigenvalue weighted by Gasteiger charge is -2.23. The van der Waals surface area contributed by atoms with Gasteiger partial charge >= 0.3 is 10.3 Å². The Bertz CT molecular complexity index is 663. The molecule has 0 spiro atoms. The van der Waals surface area contributed by atoms with Crippen LogP contribution in [0.1, 0.15) is 5.56 Å². The Kier molecular flexibility index (Phi) is 4.39. The maximum Gasteiger partial charge on any atom is 0.335 e. The van der Waals surface area contributed by atoms with Gasteiger partial charge in [0.05, 0.1) is 6.54 Å². The molecular weight excluding hydrogens is 309 g/mol. The predicted molar refractivity (Wildman–Crippen MR) is 75.1 cm³/mol. The fraction of sp³-hybridized carbons (Fsp3) is 0.182. The van der Waals surface area contributed by atoms with E-state index in [1.165, 1.54) is 22.0 Å². The summed E-state index contributed by atoms with van der Waals surface area (Å²) in [7, 11) is -4.60. The summed E-state index contributed by atoms with van der Waals surface area (Å²) in [6.45, 7) is -0.325. The Morgan fingerprint density at radius 1 is 1.50 bits per heavy atom. The van der Waals surface area contributed by atoms with Crippen molar-refractivity contribution in [2.24, 2.45) is 4.99 Å². The lowest BCUT2D eigenvalue weighted by Crippen LogP contribution is -2.39. The van der Waals surface area contributed by atoms with E-state index >= 15 is 0 Å². The maximum atomic E-state index is 13.6. The standard InChI is InChI=1S/C11H11ClFN3O3S/c12-9-1-2-10-8(5-9)6-14-3-4-16(10)7-11(13)15-20(17,18)19/h1-6,11,15H,7H2,(H,17,18,19). The van der Waals surface area contributed by atoms with Gasteiger partial charge in [0.15, 0.2) is 6.30 Å². The van der Waals surface area contributed by atoms with Crippen LogP contribution in [-0.4, -0.2) is 32.0 Å². The first kappa shape index (κ1) is 14.9. The van der Waals surface area contributed by atoms with E-state index in [1.807, 2.05) is 0 Å². The van der Waals surface area contributed by atoms with Gasteiger partial charge < -0.3 is 4.90 Å². The second-order valence-corrected chi connectivity index (χ2v) is 5.61. The smallest absolute Gasteiger partial charge is 0.335 e. The highest BCUT2D eigenvalue weighted by molar-refractivity contribution is 7.83. The minimum Gasteiger partial charge on any atom is -0.342 e. The van der Waals surface area contributed by atoms with Crippen LogP contribution < -0.4 is 9.62 Å². The lowest BCUT2D eigenvalue weighted by molar-refractivity contribution is 0.309. The topological polar surface area (TPSA) is 82.0 Å². The van der Waals surface area contributed by atoms with Gasteiger partial charge in [-0.05, 0) is 18.2 Å². The second kappa shape index (κ2) is 5.88. The molecule has 0 fully saturated rings. The fourth-order valence-electron chi connectivity index (χ4n) is 1.74. The van der Waals surface area contributed by atoms with Crippen molar-refractivity contribution in [1.29, 1.82) is 0 Å². The molecule has 2 rings (SSSR count). The molecule has 1 aromatic rings. The molecule has 0 bridgehead atoms. The third-order valence-electron chi connectivity index (χ3n) is 2.48. The quantitative estimate of drug-likeness (QED) is 0.654. The molecule has 0 aromatic heterocycles. The first-order valence-corrected chi connectivity index (χ1v) is 7.32. The lowest BCUT2D eigenvalue weighted by atomic mass is 10.2. The van der Waals surface area contributed by atoms with Crippen LogP contribution in [0, 0.1) is 0 Å². The summed E-state index contributed by atoms with van der Waals surface area (Å²) < 4.78 is 44.7. The van der Waals surface area contributed by atoms with Crippen molar-refractivity contribution in [1.82, 2.24) is 4.72 Å². The molecular formula is C11H11ClFN3O3S. The maximum absolute atomic E-state index is 13.6. The monoisotopic (exact) mass is 319 g/mol. The fourth-order valence-corrected chi connectivity index (χ4v) is 2.32. The van der Waals surface area contributed by atoms with Crippen LogP contribution in [0.2, 0.25) is 5.02 Å². The van der Waals surface area contributed by atoms with Crippen LogP contribution in [0.4, 0.5) is 10.1 Å². The summed E-state index contributed by atoms with van der Waals surface area (Å²) in [5, 5.41) is 0.505. The highest BCUT2D eigenvalue weighted by Gasteiger charge is 2.19. The molecule has 1 unspecified atom stereocenters. The summed E-state index contributed by atoms with van der Waals surface area (Å²) in [6, 6.07) is 4.95. The van der Waals surface area contributed by atoms with E-state index < -0.39 is 16.6 Å². The normalized spacial score (nSPS) is 15.8. The highest BCUT2D eigenvalue weighted by Crippen LogP contribution is 2.25. The van der Waals surface area contributed by atoms with E-state index in [1.54, 1.807) is 24.4 Å². The first-order valence-electron chi connectivity index (χ1n) is 5.50. The number of benzene rings is 1. The Labute approximate surface area is 120 Å². The molecule has 9 heteroatoms. The van der Waals surface area contributed by atoms with Crippen LogP contribution >= 0.6 is 11.6 Å². The summed E-state index contributed by atoms with van der Waals surface area (Å²) in [6.07, 6.45) is 2.51. The number of hydrogen-bond donors (Lipinski definition) is 2. The molecule has 0 radical (unpaired) electrons. The minimum absolute atomic E-state index is 0.325. The zero-order valence-corrected chi connectivity index (χ0v) is 11.6. The molecule has 0 amide bonds. The molecule has 108 valence electrons. The summed E-state index contributed by atoms with van der Waals surface area (Å²) in [4.78, 5) is 5.43. The number of nitrogens with zero attached hydrogens (tertiary/aromatic N) is 2. The second-order valence-electron chi connectivity index (χ2n) is 3.99. The molecule has 1 aromatic carbocycles. The average Bonchev–Trinajstić information content (AvgIpc) is 2.49.